The third-order valence-electron chi connectivity index (χ3n) is 9.38. The summed E-state index contributed by atoms with van der Waals surface area (Å²) >= 11 is 0. The molecule has 46 heavy (non-hydrogen) atoms. The molecule has 9 heteroatoms. The number of nitro groups is 1. The molecule has 9 nitrogen and oxygen atoms in total. The van der Waals surface area contributed by atoms with Crippen LogP contribution >= 0.6 is 0 Å². The molecular weight excluding hydrogens is 580 g/mol. The molecule has 5 rings (SSSR count). The number of hydrogen-bond donors (Lipinski definition) is 2. The molecule has 1 saturated heterocycles. The van der Waals surface area contributed by atoms with Crippen LogP contribution in [-0.2, 0) is 19.7 Å². The lowest BCUT2D eigenvalue weighted by Crippen LogP contribution is -2.44. The van der Waals surface area contributed by atoms with Crippen LogP contribution in [0, 0.1) is 10.1 Å². The van der Waals surface area contributed by atoms with Gasteiger partial charge in [-0.2, -0.15) is 0 Å². The Morgan fingerprint density at radius 3 is 2.07 bits per heavy atom. The molecule has 0 aliphatic carbocycles. The van der Waals surface area contributed by atoms with E-state index in [1.807, 2.05) is 13.8 Å². The minimum atomic E-state index is -0.726. The predicted molar refractivity (Wildman–Crippen MR) is 178 cm³/mol. The highest BCUT2D eigenvalue weighted by Gasteiger charge is 2.39. The summed E-state index contributed by atoms with van der Waals surface area (Å²) in [6, 6.07) is 27.6. The number of rotatable bonds is 11. The second-order valence-corrected chi connectivity index (χ2v) is 11.9. The molecule has 0 spiro atoms. The average molecular weight is 623 g/mol. The first-order valence-corrected chi connectivity index (χ1v) is 15.9. The van der Waals surface area contributed by atoms with Crippen LogP contribution in [0.15, 0.2) is 107 Å². The van der Waals surface area contributed by atoms with Crippen molar-refractivity contribution in [2.75, 3.05) is 33.3 Å². The number of nitrogens with zero attached hydrogens (tertiary/aromatic N) is 2. The van der Waals surface area contributed by atoms with Gasteiger partial charge in [-0.15, -0.1) is 0 Å². The number of allylic oxidation sites excluding steroid dienone is 2. The van der Waals surface area contributed by atoms with Crippen LogP contribution in [0.25, 0.3) is 0 Å². The van der Waals surface area contributed by atoms with Crippen molar-refractivity contribution in [2.24, 2.45) is 0 Å². The molecule has 3 aromatic carbocycles. The molecule has 3 aromatic rings. The Hall–Kier alpha value is -4.76. The van der Waals surface area contributed by atoms with Crippen LogP contribution in [0.2, 0.25) is 0 Å². The summed E-state index contributed by atoms with van der Waals surface area (Å²) < 4.78 is 5.13. The van der Waals surface area contributed by atoms with Gasteiger partial charge in [0.05, 0.1) is 23.5 Å². The zero-order chi connectivity index (χ0) is 32.7. The zero-order valence-corrected chi connectivity index (χ0v) is 26.8. The number of methoxy groups -OCH3 is 1. The molecule has 2 aliphatic rings. The highest BCUT2D eigenvalue weighted by Crippen LogP contribution is 2.42. The van der Waals surface area contributed by atoms with Crippen LogP contribution in [0.3, 0.4) is 0 Å². The van der Waals surface area contributed by atoms with Crippen molar-refractivity contribution in [1.29, 1.82) is 0 Å². The fourth-order valence-corrected chi connectivity index (χ4v) is 6.97. The third kappa shape index (κ3) is 6.74. The van der Waals surface area contributed by atoms with Gasteiger partial charge in [0.1, 0.15) is 0 Å². The summed E-state index contributed by atoms with van der Waals surface area (Å²) in [5.41, 5.74) is 5.28. The SMILES string of the molecule is CCC1=C(C(=O)OC)C(c2ccc([N+](=O)[O-])cc2)C(C(=O)NCCCN2CCC(c3ccccc3)(c3ccccc3)CC2)=C(C)N1. The summed E-state index contributed by atoms with van der Waals surface area (Å²) in [5, 5.41) is 17.6. The maximum Gasteiger partial charge on any atom is 0.336 e. The standard InChI is InChI=1S/C37H42N4O5/c1-4-31-34(36(43)46-3)33(27-16-18-30(19-17-27)41(44)45)32(26(2)39-31)35(42)38-22-11-23-40-24-20-37(21-25-40,28-12-7-5-8-13-28)29-14-9-6-10-15-29/h5-10,12-19,33,39H,4,11,20-25H2,1-3H3,(H,38,42). The normalized spacial score (nSPS) is 18.1. The first-order chi connectivity index (χ1) is 22.3. The average Bonchev–Trinajstić information content (AvgIpc) is 3.10. The van der Waals surface area contributed by atoms with Crippen molar-refractivity contribution in [3.8, 4) is 0 Å². The number of piperidine rings is 1. The molecule has 0 bridgehead atoms. The van der Waals surface area contributed by atoms with Gasteiger partial charge in [0, 0.05) is 41.1 Å². The quantitative estimate of drug-likeness (QED) is 0.117. The number of amides is 1. The molecule has 0 saturated carbocycles. The van der Waals surface area contributed by atoms with Gasteiger partial charge in [0.25, 0.3) is 5.69 Å². The van der Waals surface area contributed by atoms with E-state index in [9.17, 15) is 19.7 Å². The van der Waals surface area contributed by atoms with Crippen molar-refractivity contribution >= 4 is 17.6 Å². The Morgan fingerprint density at radius 1 is 0.957 bits per heavy atom. The molecule has 2 N–H and O–H groups in total. The summed E-state index contributed by atoms with van der Waals surface area (Å²) in [6.45, 7) is 6.98. The molecule has 1 fully saturated rings. The van der Waals surface area contributed by atoms with Gasteiger partial charge in [-0.05, 0) is 68.9 Å². The zero-order valence-electron chi connectivity index (χ0n) is 26.8. The molecule has 2 heterocycles. The largest absolute Gasteiger partial charge is 0.466 e. The lowest BCUT2D eigenvalue weighted by molar-refractivity contribution is -0.384. The van der Waals surface area contributed by atoms with E-state index in [1.54, 1.807) is 12.1 Å². The number of dihydropyridines is 1. The molecular formula is C37H42N4O5. The summed E-state index contributed by atoms with van der Waals surface area (Å²) in [4.78, 5) is 40.1. The van der Waals surface area contributed by atoms with Crippen LogP contribution in [0.1, 0.15) is 62.1 Å². The Labute approximate surface area is 270 Å². The van der Waals surface area contributed by atoms with Gasteiger partial charge in [-0.3, -0.25) is 14.9 Å². The van der Waals surface area contributed by atoms with E-state index in [2.05, 4.69) is 76.2 Å². The number of hydrogen-bond acceptors (Lipinski definition) is 7. The number of non-ortho nitro benzene ring substituents is 1. The predicted octanol–water partition coefficient (Wildman–Crippen LogP) is 5.98. The van der Waals surface area contributed by atoms with E-state index in [4.69, 9.17) is 4.74 Å². The number of nitrogens with one attached hydrogen (secondary N) is 2. The van der Waals surface area contributed by atoms with E-state index in [0.29, 0.717) is 41.1 Å². The molecule has 2 aliphatic heterocycles. The second kappa shape index (κ2) is 14.6. The summed E-state index contributed by atoms with van der Waals surface area (Å²) in [6.07, 6.45) is 3.33. The lowest BCUT2D eigenvalue weighted by Gasteiger charge is -2.43. The second-order valence-electron chi connectivity index (χ2n) is 11.9. The molecule has 240 valence electrons. The van der Waals surface area contributed by atoms with E-state index in [1.165, 1.54) is 30.4 Å². The van der Waals surface area contributed by atoms with E-state index in [0.717, 1.165) is 38.9 Å². The van der Waals surface area contributed by atoms with E-state index >= 15 is 0 Å². The Kier molecular flexibility index (Phi) is 10.3. The van der Waals surface area contributed by atoms with Gasteiger partial charge in [0.15, 0.2) is 0 Å². The Balaban J connectivity index is 1.25. The van der Waals surface area contributed by atoms with Crippen molar-refractivity contribution in [3.63, 3.8) is 0 Å². The van der Waals surface area contributed by atoms with E-state index in [-0.39, 0.29) is 17.0 Å². The molecule has 1 amide bonds. The molecule has 0 aromatic heterocycles. The topological polar surface area (TPSA) is 114 Å². The number of ether oxygens (including phenoxy) is 1. The fourth-order valence-electron chi connectivity index (χ4n) is 6.97. The number of likely N-dealkylation sites (tertiary alicyclic amines) is 1. The summed E-state index contributed by atoms with van der Waals surface area (Å²) in [5.74, 6) is -1.55. The summed E-state index contributed by atoms with van der Waals surface area (Å²) in [7, 11) is 1.31. The first kappa shape index (κ1) is 32.6. The minimum absolute atomic E-state index is 0.0136. The number of benzene rings is 3. The maximum absolute atomic E-state index is 13.8. The third-order valence-corrected chi connectivity index (χ3v) is 9.38. The molecule has 1 atom stereocenters. The Morgan fingerprint density at radius 2 is 1.54 bits per heavy atom. The van der Waals surface area contributed by atoms with Gasteiger partial charge >= 0.3 is 5.97 Å². The van der Waals surface area contributed by atoms with Crippen molar-refractivity contribution < 1.29 is 19.2 Å². The fraction of sp³-hybridized carbons (Fsp3) is 0.351. The minimum Gasteiger partial charge on any atom is -0.466 e. The lowest BCUT2D eigenvalue weighted by atomic mass is 9.68. The van der Waals surface area contributed by atoms with Gasteiger partial charge in [0.2, 0.25) is 5.91 Å². The van der Waals surface area contributed by atoms with Crippen molar-refractivity contribution in [1.82, 2.24) is 15.5 Å². The van der Waals surface area contributed by atoms with Gasteiger partial charge < -0.3 is 20.3 Å². The maximum atomic E-state index is 13.8. The monoisotopic (exact) mass is 622 g/mol. The Bertz CT molecular complexity index is 1570. The van der Waals surface area contributed by atoms with Gasteiger partial charge in [-0.25, -0.2) is 4.79 Å². The highest BCUT2D eigenvalue weighted by molar-refractivity contribution is 6.02. The van der Waals surface area contributed by atoms with E-state index < -0.39 is 16.8 Å². The highest BCUT2D eigenvalue weighted by atomic mass is 16.6. The van der Waals surface area contributed by atoms with Crippen molar-refractivity contribution in [3.05, 3.63) is 134 Å². The molecule has 1 unspecified atom stereocenters. The molecule has 0 radical (unpaired) electrons. The van der Waals surface area contributed by atoms with Gasteiger partial charge in [-0.1, -0.05) is 79.7 Å². The number of carbonyl (C=O) groups excluding carboxylic acids is 2. The number of nitro benzene ring substituents is 1. The smallest absolute Gasteiger partial charge is 0.336 e. The van der Waals surface area contributed by atoms with Crippen LogP contribution in [-0.4, -0.2) is 55.0 Å². The van der Waals surface area contributed by atoms with Crippen LogP contribution in [0.5, 0.6) is 0 Å². The number of carbonyl (C=O) groups is 2. The number of esters is 1. The van der Waals surface area contributed by atoms with Crippen LogP contribution in [0.4, 0.5) is 5.69 Å². The first-order valence-electron chi connectivity index (χ1n) is 15.9. The van der Waals surface area contributed by atoms with Crippen molar-refractivity contribution in [2.45, 2.75) is 50.9 Å². The van der Waals surface area contributed by atoms with Crippen LogP contribution < -0.4 is 10.6 Å².